The topological polar surface area (TPSA) is 57.5 Å². The first-order valence-corrected chi connectivity index (χ1v) is 8.98. The van der Waals surface area contributed by atoms with E-state index < -0.39 is 0 Å². The number of hydrogen-bond donors (Lipinski definition) is 0. The summed E-state index contributed by atoms with van der Waals surface area (Å²) in [5.74, 6) is 0.482. The molecule has 0 radical (unpaired) electrons. The number of esters is 1. The molecular weight excluding hydrogens is 342 g/mol. The van der Waals surface area contributed by atoms with Gasteiger partial charge in [-0.3, -0.25) is 4.79 Å². The maximum atomic E-state index is 12.3. The standard InChI is InChI=1S/C21H22N3O3/c1-5-27-20(25)12-23-18-11-15(26-4)6-7-16(18)17-8-9-24-19(21(17)23)10-13(2)14(3)22-24/h6-11H,5,12H2,1-4H3/q+1. The molecule has 4 rings (SSSR count). The number of benzene rings is 1. The summed E-state index contributed by atoms with van der Waals surface area (Å²) in [6.07, 6.45) is 1.96. The summed E-state index contributed by atoms with van der Waals surface area (Å²) in [6, 6.07) is 10.1. The van der Waals surface area contributed by atoms with Crippen LogP contribution in [0.1, 0.15) is 18.2 Å². The highest BCUT2D eigenvalue weighted by Crippen LogP contribution is 2.33. The van der Waals surface area contributed by atoms with Crippen LogP contribution in [-0.4, -0.2) is 29.4 Å². The van der Waals surface area contributed by atoms with Gasteiger partial charge < -0.3 is 14.0 Å². The summed E-state index contributed by atoms with van der Waals surface area (Å²) in [4.78, 5) is 12.3. The Balaban J connectivity index is 2.12. The largest absolute Gasteiger partial charge is 0.497 e. The fourth-order valence-corrected chi connectivity index (χ4v) is 3.53. The van der Waals surface area contributed by atoms with E-state index in [0.717, 1.165) is 44.3 Å². The van der Waals surface area contributed by atoms with Crippen LogP contribution in [-0.2, 0) is 16.1 Å². The normalized spacial score (nSPS) is 11.4. The van der Waals surface area contributed by atoms with E-state index in [-0.39, 0.29) is 12.5 Å². The van der Waals surface area contributed by atoms with Crippen molar-refractivity contribution in [2.45, 2.75) is 27.3 Å². The fourth-order valence-electron chi connectivity index (χ4n) is 3.53. The molecule has 0 fully saturated rings. The monoisotopic (exact) mass is 364 g/mol. The van der Waals surface area contributed by atoms with Crippen LogP contribution in [0, 0.1) is 13.8 Å². The summed E-state index contributed by atoms with van der Waals surface area (Å²) in [5.41, 5.74) is 4.93. The highest BCUT2D eigenvalue weighted by atomic mass is 16.5. The molecule has 0 spiro atoms. The van der Waals surface area contributed by atoms with Gasteiger partial charge in [0.25, 0.3) is 5.52 Å². The molecule has 138 valence electrons. The van der Waals surface area contributed by atoms with E-state index in [2.05, 4.69) is 11.2 Å². The minimum absolute atomic E-state index is 0.133. The van der Waals surface area contributed by atoms with E-state index >= 15 is 0 Å². The Morgan fingerprint density at radius 2 is 2.00 bits per heavy atom. The molecule has 0 bridgehead atoms. The van der Waals surface area contributed by atoms with Crippen molar-refractivity contribution < 1.29 is 18.8 Å². The van der Waals surface area contributed by atoms with Crippen molar-refractivity contribution in [1.29, 1.82) is 0 Å². The summed E-state index contributed by atoms with van der Waals surface area (Å²) in [5, 5.41) is 6.79. The van der Waals surface area contributed by atoms with E-state index in [1.54, 1.807) is 7.11 Å². The van der Waals surface area contributed by atoms with E-state index in [0.29, 0.717) is 6.61 Å². The lowest BCUT2D eigenvalue weighted by Gasteiger charge is -2.08. The lowest BCUT2D eigenvalue weighted by atomic mass is 10.1. The maximum absolute atomic E-state index is 12.3. The van der Waals surface area contributed by atoms with Crippen molar-refractivity contribution in [2.24, 2.45) is 0 Å². The summed E-state index contributed by atoms with van der Waals surface area (Å²) >= 11 is 0. The third kappa shape index (κ3) is 2.77. The number of fused-ring (bicyclic) bond motifs is 5. The number of aryl methyl sites for hydroxylation is 2. The average Bonchev–Trinajstić information content (AvgIpc) is 2.96. The molecule has 0 amide bonds. The average molecular weight is 364 g/mol. The quantitative estimate of drug-likeness (QED) is 0.412. The van der Waals surface area contributed by atoms with Gasteiger partial charge in [0.1, 0.15) is 23.5 Å². The number of pyridine rings is 1. The molecule has 0 saturated carbocycles. The molecule has 6 heteroatoms. The maximum Gasteiger partial charge on any atom is 0.325 e. The molecule has 6 nitrogen and oxygen atoms in total. The molecule has 4 aromatic rings. The molecule has 0 unspecified atom stereocenters. The van der Waals surface area contributed by atoms with Crippen LogP contribution >= 0.6 is 0 Å². The molecule has 27 heavy (non-hydrogen) atoms. The van der Waals surface area contributed by atoms with Gasteiger partial charge in [-0.1, -0.05) is 4.52 Å². The van der Waals surface area contributed by atoms with Crippen LogP contribution in [0.5, 0.6) is 5.75 Å². The van der Waals surface area contributed by atoms with E-state index in [1.165, 1.54) is 0 Å². The van der Waals surface area contributed by atoms with Crippen LogP contribution in [0.2, 0.25) is 0 Å². The zero-order chi connectivity index (χ0) is 19.1. The first-order chi connectivity index (χ1) is 13.0. The van der Waals surface area contributed by atoms with Gasteiger partial charge in [-0.2, -0.15) is 0 Å². The second-order valence-corrected chi connectivity index (χ2v) is 6.59. The summed E-state index contributed by atoms with van der Waals surface area (Å²) in [6.45, 7) is 6.34. The van der Waals surface area contributed by atoms with Crippen molar-refractivity contribution in [1.82, 2.24) is 9.67 Å². The highest BCUT2D eigenvalue weighted by molar-refractivity contribution is 6.12. The number of ether oxygens (including phenoxy) is 2. The molecule has 3 heterocycles. The third-order valence-electron chi connectivity index (χ3n) is 4.96. The van der Waals surface area contributed by atoms with Crippen LogP contribution in [0.15, 0.2) is 36.5 Å². The highest BCUT2D eigenvalue weighted by Gasteiger charge is 2.21. The van der Waals surface area contributed by atoms with Crippen molar-refractivity contribution in [3.8, 4) is 5.75 Å². The first-order valence-electron chi connectivity index (χ1n) is 8.98. The Morgan fingerprint density at radius 3 is 2.74 bits per heavy atom. The zero-order valence-electron chi connectivity index (χ0n) is 15.9. The molecule has 1 aromatic carbocycles. The van der Waals surface area contributed by atoms with Crippen molar-refractivity contribution in [3.05, 3.63) is 47.8 Å². The molecule has 0 saturated heterocycles. The zero-order valence-corrected chi connectivity index (χ0v) is 15.9. The van der Waals surface area contributed by atoms with E-state index in [4.69, 9.17) is 9.47 Å². The van der Waals surface area contributed by atoms with Gasteiger partial charge >= 0.3 is 5.97 Å². The van der Waals surface area contributed by atoms with Crippen LogP contribution < -0.4 is 9.25 Å². The molecule has 0 aliphatic rings. The SMILES string of the molecule is CCOC(=O)Cn1c2cc(OC)ccc2c2cc[n+]3nc(C)c(C)cc3c21. The molecular formula is C21H22N3O3+. The van der Waals surface area contributed by atoms with Crippen molar-refractivity contribution >= 4 is 33.3 Å². The van der Waals surface area contributed by atoms with Gasteiger partial charge in [0.15, 0.2) is 0 Å². The Morgan fingerprint density at radius 1 is 1.19 bits per heavy atom. The third-order valence-corrected chi connectivity index (χ3v) is 4.96. The fraction of sp³-hybridized carbons (Fsp3) is 0.286. The number of hydrogen-bond acceptors (Lipinski definition) is 4. The molecule has 0 aliphatic carbocycles. The Kier molecular flexibility index (Phi) is 4.18. The van der Waals surface area contributed by atoms with Gasteiger partial charge in [-0.25, -0.2) is 0 Å². The van der Waals surface area contributed by atoms with Gasteiger partial charge in [0.2, 0.25) is 6.20 Å². The predicted molar refractivity (Wildman–Crippen MR) is 103 cm³/mol. The van der Waals surface area contributed by atoms with Gasteiger partial charge in [0, 0.05) is 34.1 Å². The lowest BCUT2D eigenvalue weighted by molar-refractivity contribution is -0.580. The number of aromatic nitrogens is 3. The second kappa shape index (κ2) is 6.54. The molecule has 0 N–H and O–H groups in total. The second-order valence-electron chi connectivity index (χ2n) is 6.59. The number of carbonyl (C=O) groups excluding carboxylic acids is 1. The Bertz CT molecular complexity index is 1190. The molecule has 0 aliphatic heterocycles. The Labute approximate surface area is 156 Å². The van der Waals surface area contributed by atoms with Crippen LogP contribution in [0.3, 0.4) is 0 Å². The van der Waals surface area contributed by atoms with Gasteiger partial charge in [-0.15, -0.1) is 0 Å². The van der Waals surface area contributed by atoms with E-state index in [9.17, 15) is 4.79 Å². The van der Waals surface area contributed by atoms with Crippen molar-refractivity contribution in [3.63, 3.8) is 0 Å². The van der Waals surface area contributed by atoms with Crippen molar-refractivity contribution in [2.75, 3.05) is 13.7 Å². The number of nitrogens with zero attached hydrogens (tertiary/aromatic N) is 3. The Hall–Kier alpha value is -3.15. The van der Waals surface area contributed by atoms with Crippen LogP contribution in [0.25, 0.3) is 27.3 Å². The lowest BCUT2D eigenvalue weighted by Crippen LogP contribution is -2.28. The molecule has 0 atom stereocenters. The van der Waals surface area contributed by atoms with Crippen LogP contribution in [0.4, 0.5) is 0 Å². The van der Waals surface area contributed by atoms with Gasteiger partial charge in [-0.05, 0) is 38.5 Å². The van der Waals surface area contributed by atoms with Gasteiger partial charge in [0.05, 0.1) is 19.2 Å². The summed E-state index contributed by atoms with van der Waals surface area (Å²) < 4.78 is 14.5. The minimum atomic E-state index is -0.266. The van der Waals surface area contributed by atoms with E-state index in [1.807, 2.05) is 60.3 Å². The smallest absolute Gasteiger partial charge is 0.325 e. The predicted octanol–water partition coefficient (Wildman–Crippen LogP) is 3.12. The number of carbonyl (C=O) groups is 1. The molecule has 3 aromatic heterocycles. The number of rotatable bonds is 4. The summed E-state index contributed by atoms with van der Waals surface area (Å²) in [7, 11) is 1.64. The first kappa shape index (κ1) is 17.3. The minimum Gasteiger partial charge on any atom is -0.497 e. The number of methoxy groups -OCH3 is 1.